The van der Waals surface area contributed by atoms with E-state index >= 15 is 0 Å². The van der Waals surface area contributed by atoms with E-state index in [1.165, 1.54) is 43.6 Å². The molecule has 0 spiro atoms. The second-order valence-electron chi connectivity index (χ2n) is 3.71. The fourth-order valence-corrected chi connectivity index (χ4v) is 2.69. The van der Waals surface area contributed by atoms with E-state index in [9.17, 15) is 14.7 Å². The van der Waals surface area contributed by atoms with Crippen molar-refractivity contribution in [1.82, 2.24) is 4.98 Å². The van der Waals surface area contributed by atoms with E-state index in [-0.39, 0.29) is 16.9 Å². The van der Waals surface area contributed by atoms with Crippen molar-refractivity contribution in [3.8, 4) is 5.75 Å². The Morgan fingerprint density at radius 2 is 1.90 bits per heavy atom. The molecular weight excluding hydrogens is 283 g/mol. The van der Waals surface area contributed by atoms with Crippen LogP contribution in [0.3, 0.4) is 0 Å². The molecule has 104 valence electrons. The van der Waals surface area contributed by atoms with Crippen LogP contribution in [0.15, 0.2) is 48.7 Å². The van der Waals surface area contributed by atoms with Crippen LogP contribution in [-0.2, 0) is 9.09 Å². The minimum atomic E-state index is -3.59. The first-order valence-corrected chi connectivity index (χ1v) is 7.11. The Kier molecular flexibility index (Phi) is 4.12. The van der Waals surface area contributed by atoms with Crippen molar-refractivity contribution in [3.63, 3.8) is 0 Å². The Balaban J connectivity index is 2.26. The summed E-state index contributed by atoms with van der Waals surface area (Å²) in [6, 6.07) is 10.1. The highest BCUT2D eigenvalue weighted by atomic mass is 31.2. The number of nitrogens with zero attached hydrogens (tertiary/aromatic N) is 2. The Bertz CT molecular complexity index is 645. The lowest BCUT2D eigenvalue weighted by molar-refractivity contribution is -0.384. The van der Waals surface area contributed by atoms with Crippen LogP contribution in [0.2, 0.25) is 0 Å². The molecule has 20 heavy (non-hydrogen) atoms. The minimum Gasteiger partial charge on any atom is -0.420 e. The lowest BCUT2D eigenvalue weighted by atomic mass is 10.3. The molecule has 2 rings (SSSR count). The standard InChI is InChI=1S/C12H11N2O5P/c1-18-20(17,12-4-2-3-9-13-12)19-11-7-5-10(6-8-11)14(15)16/h2-9H,1H3. The lowest BCUT2D eigenvalue weighted by Crippen LogP contribution is -2.14. The highest BCUT2D eigenvalue weighted by Gasteiger charge is 2.29. The number of nitro groups is 1. The zero-order valence-electron chi connectivity index (χ0n) is 10.5. The molecule has 7 nitrogen and oxygen atoms in total. The van der Waals surface area contributed by atoms with Gasteiger partial charge in [0.25, 0.3) is 5.69 Å². The molecule has 0 aliphatic heterocycles. The molecule has 2 aromatic rings. The third kappa shape index (κ3) is 3.01. The molecule has 0 N–H and O–H groups in total. The third-order valence-corrected chi connectivity index (χ3v) is 4.20. The van der Waals surface area contributed by atoms with Crippen molar-refractivity contribution in [1.29, 1.82) is 0 Å². The van der Waals surface area contributed by atoms with Crippen molar-refractivity contribution in [3.05, 3.63) is 58.8 Å². The van der Waals surface area contributed by atoms with Gasteiger partial charge in [0.2, 0.25) is 0 Å². The van der Waals surface area contributed by atoms with Gasteiger partial charge in [-0.2, -0.15) is 0 Å². The average molecular weight is 294 g/mol. The Labute approximate surface area is 114 Å². The van der Waals surface area contributed by atoms with Gasteiger partial charge < -0.3 is 4.52 Å². The highest BCUT2D eigenvalue weighted by Crippen LogP contribution is 2.45. The van der Waals surface area contributed by atoms with E-state index in [1.54, 1.807) is 12.1 Å². The quantitative estimate of drug-likeness (QED) is 0.478. The van der Waals surface area contributed by atoms with Crippen LogP contribution in [0.4, 0.5) is 5.69 Å². The first-order chi connectivity index (χ1) is 9.55. The zero-order chi connectivity index (χ0) is 14.6. The van der Waals surface area contributed by atoms with Gasteiger partial charge in [0.1, 0.15) is 5.75 Å². The van der Waals surface area contributed by atoms with E-state index in [0.29, 0.717) is 0 Å². The van der Waals surface area contributed by atoms with Crippen molar-refractivity contribution < 1.29 is 18.5 Å². The normalized spacial score (nSPS) is 13.4. The van der Waals surface area contributed by atoms with Crippen LogP contribution < -0.4 is 9.96 Å². The summed E-state index contributed by atoms with van der Waals surface area (Å²) in [6.07, 6.45) is 1.47. The van der Waals surface area contributed by atoms with Gasteiger partial charge in [-0.05, 0) is 24.3 Å². The van der Waals surface area contributed by atoms with Gasteiger partial charge >= 0.3 is 7.60 Å². The van der Waals surface area contributed by atoms with E-state index in [4.69, 9.17) is 9.05 Å². The van der Waals surface area contributed by atoms with E-state index in [2.05, 4.69) is 4.98 Å². The van der Waals surface area contributed by atoms with E-state index in [1.807, 2.05) is 0 Å². The van der Waals surface area contributed by atoms with E-state index in [0.717, 1.165) is 0 Å². The molecule has 0 fully saturated rings. The van der Waals surface area contributed by atoms with Crippen LogP contribution in [0.25, 0.3) is 0 Å². The van der Waals surface area contributed by atoms with Gasteiger partial charge in [-0.25, -0.2) is 9.55 Å². The maximum Gasteiger partial charge on any atom is 0.428 e. The van der Waals surface area contributed by atoms with Crippen LogP contribution in [0, 0.1) is 10.1 Å². The predicted molar refractivity (Wildman–Crippen MR) is 72.2 cm³/mol. The van der Waals surface area contributed by atoms with Crippen LogP contribution in [0.5, 0.6) is 5.75 Å². The largest absolute Gasteiger partial charge is 0.428 e. The monoisotopic (exact) mass is 294 g/mol. The summed E-state index contributed by atoms with van der Waals surface area (Å²) < 4.78 is 22.8. The molecule has 0 aliphatic rings. The molecule has 0 saturated heterocycles. The summed E-state index contributed by atoms with van der Waals surface area (Å²) in [5, 5.41) is 10.6. The van der Waals surface area contributed by atoms with Gasteiger partial charge in [-0.1, -0.05) is 6.07 Å². The maximum absolute atomic E-state index is 12.5. The number of hydrogen-bond acceptors (Lipinski definition) is 6. The number of hydrogen-bond donors (Lipinski definition) is 0. The summed E-state index contributed by atoms with van der Waals surface area (Å²) in [4.78, 5) is 14.0. The van der Waals surface area contributed by atoms with Crippen molar-refractivity contribution in [2.24, 2.45) is 0 Å². The molecule has 0 radical (unpaired) electrons. The number of aromatic nitrogens is 1. The molecule has 0 aliphatic carbocycles. The number of nitro benzene ring substituents is 1. The number of pyridine rings is 1. The Morgan fingerprint density at radius 3 is 2.40 bits per heavy atom. The first kappa shape index (κ1) is 14.2. The van der Waals surface area contributed by atoms with Gasteiger partial charge in [-0.15, -0.1) is 0 Å². The Morgan fingerprint density at radius 1 is 1.20 bits per heavy atom. The van der Waals surface area contributed by atoms with Crippen molar-refractivity contribution >= 4 is 18.7 Å². The SMILES string of the molecule is COP(=O)(Oc1ccc([N+](=O)[O-])cc1)c1ccccn1. The fourth-order valence-electron chi connectivity index (χ4n) is 1.46. The smallest absolute Gasteiger partial charge is 0.420 e. The first-order valence-electron chi connectivity index (χ1n) is 5.56. The summed E-state index contributed by atoms with van der Waals surface area (Å²) in [5.74, 6) is 0.200. The van der Waals surface area contributed by atoms with Crippen molar-refractivity contribution in [2.75, 3.05) is 7.11 Å². The van der Waals surface area contributed by atoms with Crippen LogP contribution >= 0.6 is 7.60 Å². The summed E-state index contributed by atoms with van der Waals surface area (Å²) in [7, 11) is -2.34. The second-order valence-corrected chi connectivity index (χ2v) is 5.71. The molecule has 1 unspecified atom stereocenters. The van der Waals surface area contributed by atoms with Gasteiger partial charge in [0.05, 0.1) is 4.92 Å². The van der Waals surface area contributed by atoms with E-state index < -0.39 is 12.5 Å². The third-order valence-electron chi connectivity index (χ3n) is 2.44. The number of benzene rings is 1. The fraction of sp³-hybridized carbons (Fsp3) is 0.0833. The van der Waals surface area contributed by atoms with Crippen LogP contribution in [0.1, 0.15) is 0 Å². The summed E-state index contributed by atoms with van der Waals surface area (Å²) in [6.45, 7) is 0. The second kappa shape index (κ2) is 5.81. The topological polar surface area (TPSA) is 91.6 Å². The summed E-state index contributed by atoms with van der Waals surface area (Å²) in [5.41, 5.74) is 0.0864. The lowest BCUT2D eigenvalue weighted by Gasteiger charge is -2.16. The molecule has 0 bridgehead atoms. The Hall–Kier alpha value is -2.24. The van der Waals surface area contributed by atoms with Gasteiger partial charge in [0, 0.05) is 25.4 Å². The molecule has 1 heterocycles. The zero-order valence-corrected chi connectivity index (χ0v) is 11.4. The molecule has 1 aromatic heterocycles. The minimum absolute atomic E-state index is 0.0811. The molecule has 8 heteroatoms. The molecule has 1 atom stereocenters. The maximum atomic E-state index is 12.5. The number of non-ortho nitro benzene ring substituents is 1. The van der Waals surface area contributed by atoms with Gasteiger partial charge in [-0.3, -0.25) is 14.6 Å². The van der Waals surface area contributed by atoms with Crippen molar-refractivity contribution in [2.45, 2.75) is 0 Å². The molecular formula is C12H11N2O5P. The van der Waals surface area contributed by atoms with Gasteiger partial charge in [0.15, 0.2) is 5.44 Å². The molecule has 0 saturated carbocycles. The molecule has 1 aromatic carbocycles. The highest BCUT2D eigenvalue weighted by molar-refractivity contribution is 7.62. The number of rotatable bonds is 5. The average Bonchev–Trinajstić information content (AvgIpc) is 2.48. The predicted octanol–water partition coefficient (Wildman–Crippen LogP) is 2.53. The summed E-state index contributed by atoms with van der Waals surface area (Å²) >= 11 is 0. The molecule has 0 amide bonds. The van der Waals surface area contributed by atoms with Crippen LogP contribution in [-0.4, -0.2) is 17.0 Å².